The maximum Gasteiger partial charge on any atom is 0.460 e. The van der Waals surface area contributed by atoms with Crippen molar-refractivity contribution in [3.8, 4) is 0 Å². The van der Waals surface area contributed by atoms with Gasteiger partial charge in [0.2, 0.25) is 0 Å². The zero-order valence-electron chi connectivity index (χ0n) is 23.0. The highest BCUT2D eigenvalue weighted by Crippen LogP contribution is 2.64. The molecule has 0 radical (unpaired) electrons. The van der Waals surface area contributed by atoms with E-state index in [0.29, 0.717) is 0 Å². The Hall–Kier alpha value is -2.82. The molecule has 1 N–H and O–H groups in total. The van der Waals surface area contributed by atoms with Crippen LogP contribution < -0.4 is 10.4 Å². The summed E-state index contributed by atoms with van der Waals surface area (Å²) in [5, 5.41) is 10.9. The minimum Gasteiger partial charge on any atom is -0.544 e. The van der Waals surface area contributed by atoms with E-state index >= 15 is 4.39 Å². The monoisotopic (exact) mass is 789 g/mol. The predicted molar refractivity (Wildman–Crippen MR) is 103 cm³/mol. The standard InChI is InChI=1S/C19H15F24N3O3/c1-46(2,6-7(47)48)5-3-4-44-8(49)9(20,14(29,30)31)17(38,39)45(18(40,41)12(25,26)10(21,22)15(32,33)34)19(42,43)13(27,28)11(23,24)16(35,36)37/h3-6H2,1-2H3,(H-,44,47,48,49). The number of hydrogen-bond acceptors (Lipinski definition) is 4. The van der Waals surface area contributed by atoms with Gasteiger partial charge in [-0.3, -0.25) is 4.79 Å². The molecule has 0 aliphatic heterocycles. The summed E-state index contributed by atoms with van der Waals surface area (Å²) in [5.41, 5.74) is -8.35. The molecule has 0 bridgehead atoms. The first kappa shape index (κ1) is 46.2. The fourth-order valence-electron chi connectivity index (χ4n) is 3.39. The molecule has 1 atom stereocenters. The van der Waals surface area contributed by atoms with Crippen molar-refractivity contribution in [3.05, 3.63) is 0 Å². The first-order chi connectivity index (χ1) is 20.9. The van der Waals surface area contributed by atoms with Crippen molar-refractivity contribution in [1.82, 2.24) is 10.2 Å². The molecular formula is C19H15F24N3O3. The van der Waals surface area contributed by atoms with Crippen LogP contribution in [0, 0.1) is 0 Å². The summed E-state index contributed by atoms with van der Waals surface area (Å²) in [4.78, 5) is 16.7. The summed E-state index contributed by atoms with van der Waals surface area (Å²) >= 11 is 0. The van der Waals surface area contributed by atoms with E-state index in [1.54, 1.807) is 0 Å². The van der Waals surface area contributed by atoms with E-state index in [4.69, 9.17) is 0 Å². The van der Waals surface area contributed by atoms with E-state index in [0.717, 1.165) is 14.1 Å². The molecule has 0 saturated heterocycles. The molecule has 1 unspecified atom stereocenters. The third kappa shape index (κ3) is 7.47. The molecule has 0 heterocycles. The number of likely N-dealkylation sites (N-methyl/N-ethyl adjacent to an activating group) is 1. The van der Waals surface area contributed by atoms with Gasteiger partial charge in [0.05, 0.1) is 26.6 Å². The lowest BCUT2D eigenvalue weighted by atomic mass is 9.95. The lowest BCUT2D eigenvalue weighted by molar-refractivity contribution is -0.884. The first-order valence-corrected chi connectivity index (χ1v) is 11.6. The highest BCUT2D eigenvalue weighted by Gasteiger charge is 2.95. The number of aliphatic carboxylic acids is 1. The molecule has 1 amide bonds. The van der Waals surface area contributed by atoms with Crippen LogP contribution >= 0.6 is 0 Å². The Bertz CT molecular complexity index is 1160. The van der Waals surface area contributed by atoms with Crippen LogP contribution in [0.5, 0.6) is 0 Å². The minimum absolute atomic E-state index is 0.271. The highest BCUT2D eigenvalue weighted by molar-refractivity contribution is 5.87. The van der Waals surface area contributed by atoms with Gasteiger partial charge in [0.25, 0.3) is 5.91 Å². The highest BCUT2D eigenvalue weighted by atomic mass is 19.4. The molecule has 0 aliphatic rings. The lowest BCUT2D eigenvalue weighted by Gasteiger charge is -2.50. The smallest absolute Gasteiger partial charge is 0.460 e. The van der Waals surface area contributed by atoms with Crippen LogP contribution in [0.25, 0.3) is 0 Å². The molecular weight excluding hydrogens is 774 g/mol. The van der Waals surface area contributed by atoms with Gasteiger partial charge in [-0.1, -0.05) is 0 Å². The molecule has 292 valence electrons. The molecule has 0 fully saturated rings. The summed E-state index contributed by atoms with van der Waals surface area (Å²) in [6, 6.07) is -28.6. The second kappa shape index (κ2) is 12.7. The molecule has 0 aliphatic carbocycles. The number of carboxylic acids is 1. The average molecular weight is 789 g/mol. The number of amides is 1. The zero-order chi connectivity index (χ0) is 40.3. The Morgan fingerprint density at radius 3 is 1.14 bits per heavy atom. The quantitative estimate of drug-likeness (QED) is 0.105. The SMILES string of the molecule is C[N+](C)(CCCNC(=O)C(F)(C(F)(F)F)C(F)(F)N(C(F)(F)C(F)(F)C(F)(F)C(F)(F)F)C(F)(F)C(F)(F)C(F)(F)C(F)(F)F)CC(=O)[O-]. The predicted octanol–water partition coefficient (Wildman–Crippen LogP) is 5.34. The number of halogens is 24. The molecule has 30 heteroatoms. The van der Waals surface area contributed by atoms with Gasteiger partial charge in [-0.15, -0.1) is 4.90 Å². The fraction of sp³-hybridized carbons (Fsp3) is 0.895. The molecule has 0 rings (SSSR count). The van der Waals surface area contributed by atoms with E-state index < -0.39 is 113 Å². The normalized spacial score (nSPS) is 16.9. The Labute approximate surface area is 254 Å². The number of nitrogens with zero attached hydrogens (tertiary/aromatic N) is 2. The van der Waals surface area contributed by atoms with Gasteiger partial charge in [0, 0.05) is 13.0 Å². The number of hydrogen-bond donors (Lipinski definition) is 1. The van der Waals surface area contributed by atoms with E-state index in [9.17, 15) is 116 Å². The van der Waals surface area contributed by atoms with E-state index in [2.05, 4.69) is 0 Å². The van der Waals surface area contributed by atoms with Crippen molar-refractivity contribution in [3.63, 3.8) is 0 Å². The largest absolute Gasteiger partial charge is 0.544 e. The number of carbonyl (C=O) groups is 2. The van der Waals surface area contributed by atoms with Crippen molar-refractivity contribution in [2.75, 3.05) is 33.7 Å². The van der Waals surface area contributed by atoms with Crippen molar-refractivity contribution >= 4 is 11.9 Å². The Morgan fingerprint density at radius 2 is 0.878 bits per heavy atom. The fourth-order valence-corrected chi connectivity index (χ4v) is 3.39. The van der Waals surface area contributed by atoms with Gasteiger partial charge in [-0.25, -0.2) is 4.39 Å². The van der Waals surface area contributed by atoms with Crippen molar-refractivity contribution in [1.29, 1.82) is 0 Å². The van der Waals surface area contributed by atoms with Crippen LogP contribution in [0.15, 0.2) is 0 Å². The molecule has 0 aromatic carbocycles. The van der Waals surface area contributed by atoms with E-state index in [1.807, 2.05) is 0 Å². The molecule has 0 aromatic heterocycles. The van der Waals surface area contributed by atoms with Gasteiger partial charge in [-0.2, -0.15) is 101 Å². The van der Waals surface area contributed by atoms with Crippen LogP contribution in [-0.4, -0.2) is 121 Å². The van der Waals surface area contributed by atoms with Gasteiger partial charge < -0.3 is 19.7 Å². The van der Waals surface area contributed by atoms with Gasteiger partial charge in [-0.05, 0) is 0 Å². The molecule has 0 saturated carbocycles. The van der Waals surface area contributed by atoms with Gasteiger partial charge >= 0.3 is 66.0 Å². The summed E-state index contributed by atoms with van der Waals surface area (Å²) in [6.07, 6.45) is -26.1. The summed E-state index contributed by atoms with van der Waals surface area (Å²) < 4.78 is 326. The molecule has 6 nitrogen and oxygen atoms in total. The second-order valence-corrected chi connectivity index (χ2v) is 10.2. The zero-order valence-corrected chi connectivity index (χ0v) is 23.0. The minimum atomic E-state index is -9.63. The lowest BCUT2D eigenvalue weighted by Crippen LogP contribution is -2.82. The third-order valence-corrected chi connectivity index (χ3v) is 6.00. The third-order valence-electron chi connectivity index (χ3n) is 6.00. The number of quaternary nitrogens is 1. The Balaban J connectivity index is 7.92. The summed E-state index contributed by atoms with van der Waals surface area (Å²) in [6.45, 7) is -3.60. The van der Waals surface area contributed by atoms with Crippen LogP contribution in [-0.2, 0) is 9.59 Å². The van der Waals surface area contributed by atoms with Crippen LogP contribution in [0.1, 0.15) is 6.42 Å². The van der Waals surface area contributed by atoms with Crippen molar-refractivity contribution in [2.24, 2.45) is 0 Å². The van der Waals surface area contributed by atoms with Crippen molar-refractivity contribution in [2.45, 2.75) is 72.4 Å². The van der Waals surface area contributed by atoms with Crippen LogP contribution in [0.3, 0.4) is 0 Å². The van der Waals surface area contributed by atoms with Gasteiger partial charge in [0.1, 0.15) is 6.54 Å². The summed E-state index contributed by atoms with van der Waals surface area (Å²) in [7, 11) is 1.85. The maximum absolute atomic E-state index is 15.1. The van der Waals surface area contributed by atoms with Gasteiger partial charge in [0.15, 0.2) is 0 Å². The topological polar surface area (TPSA) is 72.5 Å². The first-order valence-electron chi connectivity index (χ1n) is 11.6. The Kier molecular flexibility index (Phi) is 12.0. The van der Waals surface area contributed by atoms with Crippen molar-refractivity contribution < 1.29 is 125 Å². The maximum atomic E-state index is 15.1. The summed E-state index contributed by atoms with van der Waals surface area (Å²) in [5.74, 6) is -42.9. The van der Waals surface area contributed by atoms with E-state index in [1.165, 1.54) is 0 Å². The van der Waals surface area contributed by atoms with Crippen LogP contribution in [0.4, 0.5) is 105 Å². The number of carbonyl (C=O) groups excluding carboxylic acids is 2. The molecule has 0 spiro atoms. The second-order valence-electron chi connectivity index (χ2n) is 10.2. The number of rotatable bonds is 15. The number of nitrogens with one attached hydrogen (secondary N) is 1. The number of carboxylic acid groups (broad SMARTS) is 1. The number of alkyl halides is 24. The molecule has 49 heavy (non-hydrogen) atoms. The Morgan fingerprint density at radius 1 is 0.551 bits per heavy atom. The average Bonchev–Trinajstić information content (AvgIpc) is 2.81. The van der Waals surface area contributed by atoms with E-state index in [-0.39, 0.29) is 5.32 Å². The van der Waals surface area contributed by atoms with Crippen LogP contribution in [0.2, 0.25) is 0 Å². The molecule has 0 aromatic rings.